The molecule has 5 nitrogen and oxygen atoms in total. The monoisotopic (exact) mass is 482 g/mol. The van der Waals surface area contributed by atoms with Crippen LogP contribution in [0.4, 0.5) is 0 Å². The number of aromatic nitrogens is 3. The van der Waals surface area contributed by atoms with E-state index in [4.69, 9.17) is 4.74 Å². The van der Waals surface area contributed by atoms with Gasteiger partial charge in [-0.3, -0.25) is 0 Å². The Bertz CT molecular complexity index is 1460. The first-order valence-electron chi connectivity index (χ1n) is 12.6. The van der Waals surface area contributed by atoms with E-state index in [1.165, 1.54) is 11.1 Å². The van der Waals surface area contributed by atoms with E-state index in [1.54, 1.807) is 0 Å². The van der Waals surface area contributed by atoms with Gasteiger partial charge in [0.05, 0.1) is 17.8 Å². The minimum Gasteiger partial charge on any atom is -0.487 e. The Hall–Kier alpha value is -4.69. The van der Waals surface area contributed by atoms with Crippen LogP contribution >= 0.6 is 0 Å². The summed E-state index contributed by atoms with van der Waals surface area (Å²) in [5, 5.41) is 18.8. The van der Waals surface area contributed by atoms with Crippen LogP contribution in [0.1, 0.15) is 45.5 Å². The average molecular weight is 483 g/mol. The second kappa shape index (κ2) is 9.75. The van der Waals surface area contributed by atoms with Crippen molar-refractivity contribution < 1.29 is 4.74 Å². The Morgan fingerprint density at radius 2 is 1.41 bits per heavy atom. The molecular weight excluding hydrogens is 456 g/mol. The van der Waals surface area contributed by atoms with Crippen molar-refractivity contribution in [3.8, 4) is 11.8 Å². The molecule has 0 bridgehead atoms. The Morgan fingerprint density at radius 1 is 0.811 bits per heavy atom. The Kier molecular flexibility index (Phi) is 6.00. The number of fused-ring (bicyclic) bond motifs is 1. The molecule has 5 aromatic rings. The summed E-state index contributed by atoms with van der Waals surface area (Å²) in [7, 11) is 0. The maximum atomic E-state index is 9.60. The molecule has 0 atom stereocenters. The summed E-state index contributed by atoms with van der Waals surface area (Å²) in [4.78, 5) is 0. The lowest BCUT2D eigenvalue weighted by Crippen LogP contribution is -2.38. The highest BCUT2D eigenvalue weighted by Crippen LogP contribution is 2.40. The van der Waals surface area contributed by atoms with Gasteiger partial charge in [-0.2, -0.15) is 5.26 Å². The number of rotatable bonds is 7. The molecule has 1 aromatic heterocycles. The van der Waals surface area contributed by atoms with E-state index >= 15 is 0 Å². The molecule has 0 spiro atoms. The van der Waals surface area contributed by atoms with Crippen LogP contribution in [0.5, 0.6) is 5.75 Å². The van der Waals surface area contributed by atoms with Crippen LogP contribution in [0.3, 0.4) is 0 Å². The zero-order valence-electron chi connectivity index (χ0n) is 20.4. The first-order valence-corrected chi connectivity index (χ1v) is 12.6. The highest BCUT2D eigenvalue weighted by molar-refractivity contribution is 5.51. The van der Waals surface area contributed by atoms with E-state index in [-0.39, 0.29) is 6.61 Å². The second-order valence-corrected chi connectivity index (χ2v) is 9.33. The molecule has 0 fully saturated rings. The maximum absolute atomic E-state index is 9.60. The van der Waals surface area contributed by atoms with E-state index in [9.17, 15) is 5.26 Å². The molecule has 0 unspecified atom stereocenters. The maximum Gasteiger partial charge on any atom is 0.139 e. The topological polar surface area (TPSA) is 63.7 Å². The molecule has 0 aliphatic heterocycles. The van der Waals surface area contributed by atoms with Gasteiger partial charge in [0.2, 0.25) is 0 Å². The molecule has 0 saturated heterocycles. The fraction of sp³-hybridized carbons (Fsp3) is 0.156. The summed E-state index contributed by atoms with van der Waals surface area (Å²) in [6.07, 6.45) is 5.01. The molecule has 5 heteroatoms. The molecule has 1 aliphatic rings. The van der Waals surface area contributed by atoms with Crippen molar-refractivity contribution in [2.24, 2.45) is 0 Å². The number of benzene rings is 4. The molecule has 1 heterocycles. The van der Waals surface area contributed by atoms with Crippen molar-refractivity contribution in [1.82, 2.24) is 15.0 Å². The fourth-order valence-electron chi connectivity index (χ4n) is 5.48. The van der Waals surface area contributed by atoms with Gasteiger partial charge < -0.3 is 4.74 Å². The molecule has 4 aromatic carbocycles. The van der Waals surface area contributed by atoms with Crippen LogP contribution in [0.25, 0.3) is 0 Å². The Labute approximate surface area is 216 Å². The van der Waals surface area contributed by atoms with E-state index in [2.05, 4.69) is 95.2 Å². The number of nitrogens with zero attached hydrogens (tertiary/aromatic N) is 4. The molecule has 6 rings (SSSR count). The molecule has 1 aliphatic carbocycles. The van der Waals surface area contributed by atoms with Crippen LogP contribution in [-0.2, 0) is 25.0 Å². The Balaban J connectivity index is 1.41. The first kappa shape index (κ1) is 22.8. The van der Waals surface area contributed by atoms with Crippen molar-refractivity contribution in [3.05, 3.63) is 148 Å². The van der Waals surface area contributed by atoms with Crippen LogP contribution in [0.2, 0.25) is 0 Å². The minimum absolute atomic E-state index is 0.262. The van der Waals surface area contributed by atoms with Crippen LogP contribution < -0.4 is 4.74 Å². The van der Waals surface area contributed by atoms with Crippen molar-refractivity contribution in [1.29, 1.82) is 5.26 Å². The lowest BCUT2D eigenvalue weighted by Gasteiger charge is -2.35. The molecule has 0 saturated carbocycles. The van der Waals surface area contributed by atoms with Gasteiger partial charge in [-0.05, 0) is 59.2 Å². The number of aryl methyl sites for hydroxylation is 1. The van der Waals surface area contributed by atoms with Gasteiger partial charge in [0.1, 0.15) is 23.6 Å². The van der Waals surface area contributed by atoms with Gasteiger partial charge in [-0.1, -0.05) is 96.2 Å². The largest absolute Gasteiger partial charge is 0.487 e. The summed E-state index contributed by atoms with van der Waals surface area (Å²) in [5.41, 5.74) is 6.35. The normalized spacial score (nSPS) is 12.6. The van der Waals surface area contributed by atoms with Crippen molar-refractivity contribution in [2.75, 3.05) is 0 Å². The first-order chi connectivity index (χ1) is 18.3. The highest BCUT2D eigenvalue weighted by atomic mass is 16.5. The molecular formula is C32H26N4O. The standard InChI is InChI=1S/C32H26N4O/c33-21-25-20-30(19-24-11-10-18-31(24)25)37-23-29-22-36(35-34-29)32(26-12-4-1-5-13-26,27-14-6-2-7-15-27)28-16-8-3-9-17-28/h1-9,12-17,19-20,22H,10-11,18,23H2. The summed E-state index contributed by atoms with van der Waals surface area (Å²) >= 11 is 0. The molecule has 0 radical (unpaired) electrons. The predicted molar refractivity (Wildman–Crippen MR) is 142 cm³/mol. The zero-order chi connectivity index (χ0) is 25.1. The van der Waals surface area contributed by atoms with Crippen molar-refractivity contribution in [2.45, 2.75) is 31.4 Å². The number of nitriles is 1. The molecule has 0 N–H and O–H groups in total. The van der Waals surface area contributed by atoms with Crippen LogP contribution in [-0.4, -0.2) is 15.0 Å². The summed E-state index contributed by atoms with van der Waals surface area (Å²) < 4.78 is 8.08. The summed E-state index contributed by atoms with van der Waals surface area (Å²) in [5.74, 6) is 0.701. The van der Waals surface area contributed by atoms with Crippen LogP contribution in [0.15, 0.2) is 109 Å². The predicted octanol–water partition coefficient (Wildman–Crippen LogP) is 6.06. The summed E-state index contributed by atoms with van der Waals surface area (Å²) in [6, 6.07) is 37.4. The highest BCUT2D eigenvalue weighted by Gasteiger charge is 2.39. The van der Waals surface area contributed by atoms with Gasteiger partial charge in [0.15, 0.2) is 0 Å². The smallest absolute Gasteiger partial charge is 0.139 e. The summed E-state index contributed by atoms with van der Waals surface area (Å²) in [6.45, 7) is 0.262. The van der Waals surface area contributed by atoms with Gasteiger partial charge in [0.25, 0.3) is 0 Å². The minimum atomic E-state index is -0.712. The molecule has 0 amide bonds. The average Bonchev–Trinajstić information content (AvgIpc) is 3.64. The zero-order valence-corrected chi connectivity index (χ0v) is 20.4. The third kappa shape index (κ3) is 4.07. The number of ether oxygens (including phenoxy) is 1. The SMILES string of the molecule is N#Cc1cc(OCc2cn(C(c3ccccc3)(c3ccccc3)c3ccccc3)nn2)cc2c1CCC2. The van der Waals surface area contributed by atoms with Gasteiger partial charge in [0, 0.05) is 0 Å². The third-order valence-corrected chi connectivity index (χ3v) is 7.16. The van der Waals surface area contributed by atoms with E-state index < -0.39 is 5.54 Å². The third-order valence-electron chi connectivity index (χ3n) is 7.16. The van der Waals surface area contributed by atoms with Gasteiger partial charge in [-0.25, -0.2) is 4.68 Å². The Morgan fingerprint density at radius 3 is 1.97 bits per heavy atom. The van der Waals surface area contributed by atoms with Crippen molar-refractivity contribution >= 4 is 0 Å². The number of hydrogen-bond acceptors (Lipinski definition) is 4. The van der Waals surface area contributed by atoms with Crippen molar-refractivity contribution in [3.63, 3.8) is 0 Å². The van der Waals surface area contributed by atoms with Gasteiger partial charge >= 0.3 is 0 Å². The van der Waals surface area contributed by atoms with Crippen LogP contribution in [0, 0.1) is 11.3 Å². The quantitative estimate of drug-likeness (QED) is 0.265. The molecule has 37 heavy (non-hydrogen) atoms. The number of hydrogen-bond donors (Lipinski definition) is 0. The van der Waals surface area contributed by atoms with Gasteiger partial charge in [-0.15, -0.1) is 5.10 Å². The van der Waals surface area contributed by atoms with E-state index in [0.29, 0.717) is 17.0 Å². The van der Waals surface area contributed by atoms with E-state index in [1.807, 2.05) is 35.1 Å². The fourth-order valence-corrected chi connectivity index (χ4v) is 5.48. The lowest BCUT2D eigenvalue weighted by atomic mass is 9.77. The molecule has 180 valence electrons. The second-order valence-electron chi connectivity index (χ2n) is 9.33. The van der Waals surface area contributed by atoms with E-state index in [0.717, 1.165) is 36.0 Å². The lowest BCUT2D eigenvalue weighted by molar-refractivity contribution is 0.300.